The largest absolute Gasteiger partial charge is 0.346 e. The lowest BCUT2D eigenvalue weighted by Crippen LogP contribution is -2.27. The van der Waals surface area contributed by atoms with Crippen LogP contribution in [0.25, 0.3) is 0 Å². The molecule has 2 N–H and O–H groups in total. The first kappa shape index (κ1) is 11.6. The molecule has 0 spiro atoms. The quantitative estimate of drug-likeness (QED) is 0.834. The first-order valence-electron chi connectivity index (χ1n) is 6.65. The molecule has 98 valence electrons. The third-order valence-corrected chi connectivity index (χ3v) is 3.77. The van der Waals surface area contributed by atoms with E-state index in [1.54, 1.807) is 0 Å². The molecule has 2 fully saturated rings. The van der Waals surface area contributed by atoms with E-state index in [-0.39, 0.29) is 17.8 Å². The lowest BCUT2D eigenvalue weighted by molar-refractivity contribution is 0.0935. The number of carbonyl (C=O) groups excluding carboxylic acids is 1. The summed E-state index contributed by atoms with van der Waals surface area (Å²) in [5, 5.41) is 9.95. The molecular weight excluding hydrogens is 232 g/mol. The van der Waals surface area contributed by atoms with Crippen LogP contribution in [0.1, 0.15) is 55.2 Å². The zero-order valence-electron chi connectivity index (χ0n) is 10.5. The van der Waals surface area contributed by atoms with Crippen molar-refractivity contribution in [2.24, 2.45) is 5.92 Å². The Morgan fingerprint density at radius 3 is 3.17 bits per heavy atom. The summed E-state index contributed by atoms with van der Waals surface area (Å²) in [4.78, 5) is 16.0. The van der Waals surface area contributed by atoms with Crippen LogP contribution in [0, 0.1) is 5.92 Å². The van der Waals surface area contributed by atoms with Crippen molar-refractivity contribution < 1.29 is 9.32 Å². The molecule has 6 heteroatoms. The first-order chi connectivity index (χ1) is 8.78. The standard InChI is InChI=1S/C12H18N4O2/c1-2-7-6-9(7)14-11(17)10-15-12(18-16-10)8-4-3-5-13-8/h7-9,13H,2-6H2,1H3,(H,14,17). The predicted molar refractivity (Wildman–Crippen MR) is 63.9 cm³/mol. The van der Waals surface area contributed by atoms with Gasteiger partial charge in [-0.15, -0.1) is 0 Å². The van der Waals surface area contributed by atoms with E-state index in [0.29, 0.717) is 17.9 Å². The molecule has 0 aromatic carbocycles. The molecule has 2 aliphatic rings. The highest BCUT2D eigenvalue weighted by Crippen LogP contribution is 2.33. The predicted octanol–water partition coefficient (Wildman–Crippen LogP) is 1.02. The van der Waals surface area contributed by atoms with E-state index in [1.165, 1.54) is 0 Å². The molecule has 1 aliphatic heterocycles. The molecule has 1 saturated carbocycles. The van der Waals surface area contributed by atoms with Crippen molar-refractivity contribution in [3.05, 3.63) is 11.7 Å². The molecule has 3 atom stereocenters. The van der Waals surface area contributed by atoms with E-state index in [4.69, 9.17) is 4.52 Å². The Balaban J connectivity index is 1.60. The zero-order chi connectivity index (χ0) is 12.5. The van der Waals surface area contributed by atoms with Gasteiger partial charge in [0.05, 0.1) is 6.04 Å². The van der Waals surface area contributed by atoms with Crippen molar-refractivity contribution in [1.82, 2.24) is 20.8 Å². The highest BCUT2D eigenvalue weighted by molar-refractivity contribution is 5.90. The van der Waals surface area contributed by atoms with Gasteiger partial charge in [0.25, 0.3) is 11.7 Å². The molecule has 3 unspecified atom stereocenters. The Bertz CT molecular complexity index is 439. The molecule has 1 aromatic heterocycles. The number of nitrogens with one attached hydrogen (secondary N) is 2. The van der Waals surface area contributed by atoms with Gasteiger partial charge in [0.15, 0.2) is 0 Å². The maximum atomic E-state index is 11.9. The second kappa shape index (κ2) is 4.68. The topological polar surface area (TPSA) is 80.0 Å². The van der Waals surface area contributed by atoms with Gasteiger partial charge in [0.2, 0.25) is 5.89 Å². The van der Waals surface area contributed by atoms with Crippen LogP contribution in [0.2, 0.25) is 0 Å². The lowest BCUT2D eigenvalue weighted by atomic mass is 10.2. The molecule has 2 heterocycles. The van der Waals surface area contributed by atoms with Gasteiger partial charge in [-0.25, -0.2) is 0 Å². The minimum atomic E-state index is -0.219. The molecule has 1 aromatic rings. The van der Waals surface area contributed by atoms with Crippen LogP contribution in [-0.4, -0.2) is 28.6 Å². The number of amides is 1. The summed E-state index contributed by atoms with van der Waals surface area (Å²) >= 11 is 0. The van der Waals surface area contributed by atoms with Crippen LogP contribution in [0.15, 0.2) is 4.52 Å². The van der Waals surface area contributed by atoms with Crippen LogP contribution in [0.3, 0.4) is 0 Å². The lowest BCUT2D eigenvalue weighted by Gasteiger charge is -2.01. The fourth-order valence-electron chi connectivity index (χ4n) is 2.47. The van der Waals surface area contributed by atoms with E-state index in [9.17, 15) is 4.79 Å². The SMILES string of the molecule is CCC1CC1NC(=O)c1noc(C2CCCN2)n1. The van der Waals surface area contributed by atoms with Crippen LogP contribution < -0.4 is 10.6 Å². The minimum absolute atomic E-state index is 0.114. The van der Waals surface area contributed by atoms with Crippen LogP contribution >= 0.6 is 0 Å². The van der Waals surface area contributed by atoms with Gasteiger partial charge in [-0.05, 0) is 31.7 Å². The highest BCUT2D eigenvalue weighted by atomic mass is 16.5. The highest BCUT2D eigenvalue weighted by Gasteiger charge is 2.37. The third kappa shape index (κ3) is 2.25. The summed E-state index contributed by atoms with van der Waals surface area (Å²) in [6, 6.07) is 0.414. The van der Waals surface area contributed by atoms with Gasteiger partial charge in [0.1, 0.15) is 0 Å². The molecule has 3 rings (SSSR count). The van der Waals surface area contributed by atoms with E-state index >= 15 is 0 Å². The Morgan fingerprint density at radius 2 is 2.50 bits per heavy atom. The first-order valence-corrected chi connectivity index (χ1v) is 6.65. The summed E-state index contributed by atoms with van der Waals surface area (Å²) in [5.41, 5.74) is 0. The van der Waals surface area contributed by atoms with E-state index in [0.717, 1.165) is 32.2 Å². The third-order valence-electron chi connectivity index (χ3n) is 3.77. The Kier molecular flexibility index (Phi) is 3.03. The van der Waals surface area contributed by atoms with E-state index < -0.39 is 0 Å². The van der Waals surface area contributed by atoms with Crippen LogP contribution in [-0.2, 0) is 0 Å². The summed E-state index contributed by atoms with van der Waals surface area (Å²) in [6.07, 6.45) is 4.27. The molecule has 1 saturated heterocycles. The number of hydrogen-bond donors (Lipinski definition) is 2. The zero-order valence-corrected chi connectivity index (χ0v) is 10.5. The summed E-state index contributed by atoms with van der Waals surface area (Å²) in [6.45, 7) is 3.10. The number of aromatic nitrogens is 2. The average Bonchev–Trinajstić information content (AvgIpc) is 2.85. The van der Waals surface area contributed by atoms with Crippen molar-refractivity contribution in [3.8, 4) is 0 Å². The number of hydrogen-bond acceptors (Lipinski definition) is 5. The molecule has 18 heavy (non-hydrogen) atoms. The maximum absolute atomic E-state index is 11.9. The fourth-order valence-corrected chi connectivity index (χ4v) is 2.47. The van der Waals surface area contributed by atoms with Crippen molar-refractivity contribution in [2.45, 2.75) is 44.7 Å². The van der Waals surface area contributed by atoms with Gasteiger partial charge in [-0.3, -0.25) is 4.79 Å². The Morgan fingerprint density at radius 1 is 1.61 bits per heavy atom. The molecule has 0 bridgehead atoms. The van der Waals surface area contributed by atoms with E-state index in [2.05, 4.69) is 27.7 Å². The van der Waals surface area contributed by atoms with Crippen LogP contribution in [0.4, 0.5) is 0 Å². The smallest absolute Gasteiger partial charge is 0.292 e. The normalized spacial score (nSPS) is 30.4. The van der Waals surface area contributed by atoms with E-state index in [1.807, 2.05) is 0 Å². The van der Waals surface area contributed by atoms with Crippen LogP contribution in [0.5, 0.6) is 0 Å². The van der Waals surface area contributed by atoms with Gasteiger partial charge in [-0.2, -0.15) is 4.98 Å². The average molecular weight is 250 g/mol. The Hall–Kier alpha value is -1.43. The second-order valence-electron chi connectivity index (χ2n) is 5.09. The maximum Gasteiger partial charge on any atom is 0.292 e. The summed E-state index contributed by atoms with van der Waals surface area (Å²) in [5.74, 6) is 1.08. The second-order valence-corrected chi connectivity index (χ2v) is 5.09. The van der Waals surface area contributed by atoms with Crippen molar-refractivity contribution >= 4 is 5.91 Å². The fraction of sp³-hybridized carbons (Fsp3) is 0.750. The Labute approximate surface area is 106 Å². The number of carbonyl (C=O) groups is 1. The molecule has 6 nitrogen and oxygen atoms in total. The van der Waals surface area contributed by atoms with Gasteiger partial charge < -0.3 is 15.2 Å². The van der Waals surface area contributed by atoms with Gasteiger partial charge in [0, 0.05) is 6.04 Å². The minimum Gasteiger partial charge on any atom is -0.346 e. The molecule has 1 amide bonds. The monoisotopic (exact) mass is 250 g/mol. The number of nitrogens with zero attached hydrogens (tertiary/aromatic N) is 2. The summed E-state index contributed by atoms with van der Waals surface area (Å²) in [7, 11) is 0. The van der Waals surface area contributed by atoms with Crippen molar-refractivity contribution in [2.75, 3.05) is 6.54 Å². The summed E-state index contributed by atoms with van der Waals surface area (Å²) < 4.78 is 5.14. The van der Waals surface area contributed by atoms with Gasteiger partial charge in [-0.1, -0.05) is 18.5 Å². The molecule has 1 aliphatic carbocycles. The van der Waals surface area contributed by atoms with Crippen molar-refractivity contribution in [1.29, 1.82) is 0 Å². The molecular formula is C12H18N4O2. The number of rotatable bonds is 4. The molecule has 0 radical (unpaired) electrons. The van der Waals surface area contributed by atoms with Gasteiger partial charge >= 0.3 is 0 Å². The van der Waals surface area contributed by atoms with Crippen molar-refractivity contribution in [3.63, 3.8) is 0 Å².